The second-order valence-corrected chi connectivity index (χ2v) is 5.39. The first-order chi connectivity index (χ1) is 5.18. The lowest BCUT2D eigenvalue weighted by Gasteiger charge is -2.24. The molecule has 3 heteroatoms. The van der Waals surface area contributed by atoms with Gasteiger partial charge in [-0.15, -0.1) is 0 Å². The molecule has 0 bridgehead atoms. The smallest absolute Gasteiger partial charge is 0.273 e. The third-order valence-corrected chi connectivity index (χ3v) is 3.54. The summed E-state index contributed by atoms with van der Waals surface area (Å²) in [5.41, 5.74) is 0. The molecule has 0 spiro atoms. The molecule has 1 aliphatic carbocycles. The van der Waals surface area contributed by atoms with Crippen LogP contribution in [0.1, 0.15) is 25.7 Å². The molecule has 1 saturated carbocycles. The minimum Gasteiger partial charge on any atom is -0.393 e. The van der Waals surface area contributed by atoms with Crippen LogP contribution in [-0.4, -0.2) is 19.9 Å². The molecule has 1 N–H and O–H groups in total. The summed E-state index contributed by atoms with van der Waals surface area (Å²) in [5, 5.41) is 9.19. The van der Waals surface area contributed by atoms with Crippen LogP contribution in [-0.2, 0) is 4.46 Å². The molecular formula is C8H16O2Si. The predicted octanol–water partition coefficient (Wildman–Crippen LogP) is 1.59. The van der Waals surface area contributed by atoms with E-state index in [1.165, 1.54) is 0 Å². The number of rotatable bonds is 2. The van der Waals surface area contributed by atoms with Gasteiger partial charge in [0.05, 0.1) is 6.10 Å². The maximum atomic E-state index is 10.9. The second kappa shape index (κ2) is 4.12. The van der Waals surface area contributed by atoms with E-state index < -0.39 is 8.68 Å². The molecule has 1 fully saturated rings. The minimum absolute atomic E-state index is 0.0783. The highest BCUT2D eigenvalue weighted by Gasteiger charge is 2.20. The molecule has 0 aromatic carbocycles. The lowest BCUT2D eigenvalue weighted by atomic mass is 9.89. The van der Waals surface area contributed by atoms with Crippen LogP contribution in [0, 0.1) is 5.92 Å². The largest absolute Gasteiger partial charge is 0.393 e. The van der Waals surface area contributed by atoms with E-state index >= 15 is 0 Å². The summed E-state index contributed by atoms with van der Waals surface area (Å²) in [7, 11) is -1.28. The van der Waals surface area contributed by atoms with Gasteiger partial charge in [-0.25, -0.2) is 0 Å². The third-order valence-electron chi connectivity index (χ3n) is 2.39. The average Bonchev–Trinajstić information content (AvgIpc) is 1.93. The van der Waals surface area contributed by atoms with E-state index in [4.69, 9.17) is 0 Å². The molecule has 0 aromatic heterocycles. The van der Waals surface area contributed by atoms with Crippen LogP contribution in [0.3, 0.4) is 0 Å². The fourth-order valence-electron chi connectivity index (χ4n) is 1.76. The summed E-state index contributed by atoms with van der Waals surface area (Å²) in [6, 6.07) is 0.900. The van der Waals surface area contributed by atoms with E-state index in [9.17, 15) is 9.57 Å². The van der Waals surface area contributed by atoms with E-state index in [2.05, 4.69) is 0 Å². The summed E-state index contributed by atoms with van der Waals surface area (Å²) >= 11 is 0. The summed E-state index contributed by atoms with van der Waals surface area (Å²) in [6.45, 7) is 1.83. The van der Waals surface area contributed by atoms with Crippen molar-refractivity contribution in [2.24, 2.45) is 5.92 Å². The zero-order valence-corrected chi connectivity index (χ0v) is 8.05. The molecule has 0 atom stereocenters. The minimum atomic E-state index is -1.28. The van der Waals surface area contributed by atoms with Crippen LogP contribution in [0.4, 0.5) is 0 Å². The number of aliphatic hydroxyl groups is 1. The van der Waals surface area contributed by atoms with Crippen molar-refractivity contribution in [3.63, 3.8) is 0 Å². The van der Waals surface area contributed by atoms with Crippen molar-refractivity contribution in [3.8, 4) is 0 Å². The molecule has 0 unspecified atom stereocenters. The maximum Gasteiger partial charge on any atom is 0.273 e. The highest BCUT2D eigenvalue weighted by atomic mass is 28.3. The molecule has 0 aliphatic heterocycles. The quantitative estimate of drug-likeness (QED) is 0.642. The molecule has 64 valence electrons. The Hall–Kier alpha value is -0.0231. The summed E-state index contributed by atoms with van der Waals surface area (Å²) in [6.07, 6.45) is 3.90. The highest BCUT2D eigenvalue weighted by Crippen LogP contribution is 2.26. The van der Waals surface area contributed by atoms with Gasteiger partial charge in [0.25, 0.3) is 8.68 Å². The van der Waals surface area contributed by atoms with Crippen molar-refractivity contribution in [3.05, 3.63) is 0 Å². The van der Waals surface area contributed by atoms with Gasteiger partial charge in [0, 0.05) is 0 Å². The van der Waals surface area contributed by atoms with E-state index in [1.54, 1.807) is 0 Å². The lowest BCUT2D eigenvalue weighted by Crippen LogP contribution is -2.19. The van der Waals surface area contributed by atoms with Gasteiger partial charge in [-0.1, -0.05) is 0 Å². The number of aliphatic hydroxyl groups excluding tert-OH is 1. The molecule has 2 nitrogen and oxygen atoms in total. The van der Waals surface area contributed by atoms with Gasteiger partial charge in [-0.05, 0) is 44.2 Å². The van der Waals surface area contributed by atoms with Crippen molar-refractivity contribution in [2.75, 3.05) is 0 Å². The van der Waals surface area contributed by atoms with Crippen LogP contribution >= 0.6 is 0 Å². The summed E-state index contributed by atoms with van der Waals surface area (Å²) in [5.74, 6) is 0.634. The van der Waals surface area contributed by atoms with Crippen LogP contribution in [0.5, 0.6) is 0 Å². The fourth-order valence-corrected chi connectivity index (χ4v) is 2.98. The Bertz CT molecular complexity index is 139. The second-order valence-electron chi connectivity index (χ2n) is 3.58. The van der Waals surface area contributed by atoms with Crippen molar-refractivity contribution in [1.82, 2.24) is 0 Å². The summed E-state index contributed by atoms with van der Waals surface area (Å²) in [4.78, 5) is 0. The summed E-state index contributed by atoms with van der Waals surface area (Å²) < 4.78 is 10.9. The van der Waals surface area contributed by atoms with Crippen LogP contribution in [0.15, 0.2) is 0 Å². The molecule has 1 rings (SSSR count). The van der Waals surface area contributed by atoms with Crippen molar-refractivity contribution in [2.45, 2.75) is 44.4 Å². The molecule has 0 amide bonds. The topological polar surface area (TPSA) is 37.3 Å². The van der Waals surface area contributed by atoms with Crippen LogP contribution in [0.2, 0.25) is 12.6 Å². The van der Waals surface area contributed by atoms with E-state index in [0.717, 1.165) is 31.7 Å². The first-order valence-corrected chi connectivity index (χ1v) is 6.47. The van der Waals surface area contributed by atoms with E-state index in [-0.39, 0.29) is 6.10 Å². The van der Waals surface area contributed by atoms with Gasteiger partial charge < -0.3 is 9.57 Å². The third kappa shape index (κ3) is 3.25. The highest BCUT2D eigenvalue weighted by molar-refractivity contribution is 6.40. The first kappa shape index (κ1) is 9.07. The number of hydrogen-bond acceptors (Lipinski definition) is 2. The van der Waals surface area contributed by atoms with Gasteiger partial charge in [-0.3, -0.25) is 0 Å². The molecule has 0 radical (unpaired) electrons. The Kier molecular flexibility index (Phi) is 3.39. The molecule has 1 aliphatic rings. The van der Waals surface area contributed by atoms with Gasteiger partial charge in [0.15, 0.2) is 0 Å². The Morgan fingerprint density at radius 1 is 1.36 bits per heavy atom. The Balaban J connectivity index is 2.22. The van der Waals surface area contributed by atoms with Gasteiger partial charge in [0.1, 0.15) is 0 Å². The molecule has 0 saturated heterocycles. The Morgan fingerprint density at radius 2 is 1.91 bits per heavy atom. The Labute approximate surface area is 69.3 Å². The number of hydrogen-bond donors (Lipinski definition) is 1. The van der Waals surface area contributed by atoms with Gasteiger partial charge in [-0.2, -0.15) is 0 Å². The van der Waals surface area contributed by atoms with Crippen molar-refractivity contribution < 1.29 is 9.57 Å². The standard InChI is InChI=1S/C8H16O2Si/c1-11(10)6-7-2-4-8(9)5-3-7/h7-9H,2-6H2,1H3. The average molecular weight is 172 g/mol. The maximum absolute atomic E-state index is 10.9. The van der Waals surface area contributed by atoms with Crippen molar-refractivity contribution in [1.29, 1.82) is 0 Å². The van der Waals surface area contributed by atoms with Crippen molar-refractivity contribution >= 4 is 8.68 Å². The molecule has 11 heavy (non-hydrogen) atoms. The van der Waals surface area contributed by atoms with Gasteiger partial charge >= 0.3 is 0 Å². The normalized spacial score (nSPS) is 31.8. The molecular weight excluding hydrogens is 156 g/mol. The predicted molar refractivity (Wildman–Crippen MR) is 45.1 cm³/mol. The zero-order chi connectivity index (χ0) is 8.27. The SMILES string of the molecule is C[Si](=O)CC1CCC(O)CC1. The van der Waals surface area contributed by atoms with Crippen LogP contribution in [0.25, 0.3) is 0 Å². The zero-order valence-electron chi connectivity index (χ0n) is 7.05. The lowest BCUT2D eigenvalue weighted by molar-refractivity contribution is 0.112. The van der Waals surface area contributed by atoms with Gasteiger partial charge in [0.2, 0.25) is 0 Å². The monoisotopic (exact) mass is 172 g/mol. The first-order valence-electron chi connectivity index (χ1n) is 4.36. The van der Waals surface area contributed by atoms with E-state index in [1.807, 2.05) is 6.55 Å². The Morgan fingerprint density at radius 3 is 2.36 bits per heavy atom. The van der Waals surface area contributed by atoms with E-state index in [0.29, 0.717) is 5.92 Å². The fraction of sp³-hybridized carbons (Fsp3) is 1.00. The molecule has 0 heterocycles. The van der Waals surface area contributed by atoms with Crippen LogP contribution < -0.4 is 0 Å². The molecule has 0 aromatic rings.